The van der Waals surface area contributed by atoms with Crippen LogP contribution in [0.3, 0.4) is 0 Å². The highest BCUT2D eigenvalue weighted by atomic mass is 32.1. The summed E-state index contributed by atoms with van der Waals surface area (Å²) >= 11 is 1.68. The highest BCUT2D eigenvalue weighted by Gasteiger charge is 1.90. The van der Waals surface area contributed by atoms with E-state index in [0.29, 0.717) is 0 Å². The summed E-state index contributed by atoms with van der Waals surface area (Å²) in [6, 6.07) is 4.05. The van der Waals surface area contributed by atoms with Crippen LogP contribution in [0.15, 0.2) is 12.1 Å². The predicted molar refractivity (Wildman–Crippen MR) is 40.5 cm³/mol. The third-order valence-corrected chi connectivity index (χ3v) is 2.01. The van der Waals surface area contributed by atoms with Gasteiger partial charge in [-0.3, -0.25) is 0 Å². The molecule has 49 valence electrons. The van der Waals surface area contributed by atoms with Gasteiger partial charge in [-0.1, -0.05) is 0 Å². The van der Waals surface area contributed by atoms with Gasteiger partial charge in [-0.25, -0.2) is 0 Å². The third-order valence-electron chi connectivity index (χ3n) is 1.15. The number of nitrogens with two attached hydrogens (primary N) is 1. The second-order valence-corrected chi connectivity index (χ2v) is 2.88. The quantitative estimate of drug-likeness (QED) is 0.675. The van der Waals surface area contributed by atoms with E-state index in [0.717, 1.165) is 19.4 Å². The Hall–Kier alpha value is -0.340. The highest BCUT2D eigenvalue weighted by Crippen LogP contribution is 2.08. The Kier molecular flexibility index (Phi) is 2.74. The minimum atomic E-state index is 0.790. The van der Waals surface area contributed by atoms with Gasteiger partial charge in [0.1, 0.15) is 0 Å². The standard InChI is InChI=1S/C7H10NS/c8-5-1-3-7-4-2-6-9-7/h2,4H,1,3,5,8H2. The smallest absolute Gasteiger partial charge is 0.0445 e. The number of hydrogen-bond acceptors (Lipinski definition) is 2. The molecule has 2 heteroatoms. The fourth-order valence-corrected chi connectivity index (χ4v) is 1.35. The zero-order valence-corrected chi connectivity index (χ0v) is 6.08. The third kappa shape index (κ3) is 2.16. The molecule has 0 fully saturated rings. The molecule has 0 saturated carbocycles. The van der Waals surface area contributed by atoms with Crippen LogP contribution in [-0.2, 0) is 6.42 Å². The van der Waals surface area contributed by atoms with Gasteiger partial charge >= 0.3 is 0 Å². The monoisotopic (exact) mass is 140 g/mol. The van der Waals surface area contributed by atoms with Crippen molar-refractivity contribution in [3.63, 3.8) is 0 Å². The maximum Gasteiger partial charge on any atom is 0.0445 e. The molecular weight excluding hydrogens is 130 g/mol. The molecule has 1 aromatic rings. The van der Waals surface area contributed by atoms with E-state index in [2.05, 4.69) is 11.4 Å². The summed E-state index contributed by atoms with van der Waals surface area (Å²) in [5.41, 5.74) is 5.34. The topological polar surface area (TPSA) is 26.0 Å². The Morgan fingerprint density at radius 1 is 1.67 bits per heavy atom. The summed E-state index contributed by atoms with van der Waals surface area (Å²) in [6.45, 7) is 0.790. The van der Waals surface area contributed by atoms with E-state index in [1.807, 2.05) is 6.07 Å². The van der Waals surface area contributed by atoms with Crippen LogP contribution in [0.5, 0.6) is 0 Å². The molecule has 9 heavy (non-hydrogen) atoms. The van der Waals surface area contributed by atoms with E-state index >= 15 is 0 Å². The zero-order chi connectivity index (χ0) is 6.53. The van der Waals surface area contributed by atoms with Crippen molar-refractivity contribution in [2.45, 2.75) is 12.8 Å². The molecule has 1 radical (unpaired) electrons. The summed E-state index contributed by atoms with van der Waals surface area (Å²) in [7, 11) is 0. The van der Waals surface area contributed by atoms with Gasteiger partial charge in [-0.05, 0) is 31.5 Å². The Morgan fingerprint density at radius 3 is 3.11 bits per heavy atom. The molecule has 1 aromatic heterocycles. The van der Waals surface area contributed by atoms with Crippen LogP contribution < -0.4 is 5.73 Å². The van der Waals surface area contributed by atoms with Gasteiger partial charge in [0.15, 0.2) is 0 Å². The van der Waals surface area contributed by atoms with E-state index in [1.165, 1.54) is 4.88 Å². The van der Waals surface area contributed by atoms with Crippen LogP contribution in [0.1, 0.15) is 11.3 Å². The molecule has 1 nitrogen and oxygen atoms in total. The maximum atomic E-state index is 5.34. The molecule has 0 amide bonds. The highest BCUT2D eigenvalue weighted by molar-refractivity contribution is 7.09. The van der Waals surface area contributed by atoms with E-state index in [4.69, 9.17) is 5.73 Å². The average molecular weight is 140 g/mol. The van der Waals surface area contributed by atoms with Crippen molar-refractivity contribution in [3.05, 3.63) is 22.4 Å². The Balaban J connectivity index is 2.30. The van der Waals surface area contributed by atoms with Crippen molar-refractivity contribution in [1.29, 1.82) is 0 Å². The maximum absolute atomic E-state index is 5.34. The van der Waals surface area contributed by atoms with Gasteiger partial charge in [0.2, 0.25) is 0 Å². The number of aryl methyl sites for hydroxylation is 1. The Bertz CT molecular complexity index is 146. The lowest BCUT2D eigenvalue weighted by atomic mass is 10.3. The van der Waals surface area contributed by atoms with Crippen molar-refractivity contribution in [2.75, 3.05) is 6.54 Å². The second-order valence-electron chi connectivity index (χ2n) is 1.91. The molecule has 0 aromatic carbocycles. The van der Waals surface area contributed by atoms with E-state index < -0.39 is 0 Å². The second kappa shape index (κ2) is 3.64. The number of hydrogen-bond donors (Lipinski definition) is 1. The minimum absolute atomic E-state index is 0.790. The molecule has 1 heterocycles. The predicted octanol–water partition coefficient (Wildman–Crippen LogP) is 1.44. The van der Waals surface area contributed by atoms with Gasteiger partial charge in [0.25, 0.3) is 0 Å². The molecule has 0 bridgehead atoms. The lowest BCUT2D eigenvalue weighted by molar-refractivity contribution is 0.843. The normalized spacial score (nSPS) is 9.89. The first kappa shape index (κ1) is 6.78. The SMILES string of the molecule is NCCCc1cc[c]s1. The van der Waals surface area contributed by atoms with Gasteiger partial charge in [0, 0.05) is 10.3 Å². The number of thiophene rings is 1. The molecule has 0 saturated heterocycles. The van der Waals surface area contributed by atoms with Crippen molar-refractivity contribution < 1.29 is 0 Å². The summed E-state index contributed by atoms with van der Waals surface area (Å²) in [5, 5.41) is 3.04. The summed E-state index contributed by atoms with van der Waals surface area (Å²) in [5.74, 6) is 0. The van der Waals surface area contributed by atoms with Crippen molar-refractivity contribution in [3.8, 4) is 0 Å². The van der Waals surface area contributed by atoms with E-state index in [9.17, 15) is 0 Å². The van der Waals surface area contributed by atoms with Crippen LogP contribution >= 0.6 is 11.3 Å². The van der Waals surface area contributed by atoms with Gasteiger partial charge in [-0.2, -0.15) is 0 Å². The van der Waals surface area contributed by atoms with Gasteiger partial charge in [0.05, 0.1) is 0 Å². The minimum Gasteiger partial charge on any atom is -0.330 e. The van der Waals surface area contributed by atoms with Crippen LogP contribution in [-0.4, -0.2) is 6.54 Å². The molecule has 2 N–H and O–H groups in total. The molecule has 0 unspecified atom stereocenters. The Morgan fingerprint density at radius 2 is 2.56 bits per heavy atom. The molecule has 0 aliphatic heterocycles. The lowest BCUT2D eigenvalue weighted by Gasteiger charge is -1.90. The summed E-state index contributed by atoms with van der Waals surface area (Å²) < 4.78 is 0. The first-order chi connectivity index (χ1) is 4.43. The largest absolute Gasteiger partial charge is 0.330 e. The van der Waals surface area contributed by atoms with Gasteiger partial charge in [-0.15, -0.1) is 11.3 Å². The fraction of sp³-hybridized carbons (Fsp3) is 0.429. The summed E-state index contributed by atoms with van der Waals surface area (Å²) in [4.78, 5) is 1.39. The first-order valence-corrected chi connectivity index (χ1v) is 3.90. The van der Waals surface area contributed by atoms with Crippen LogP contribution in [0.4, 0.5) is 0 Å². The molecule has 0 atom stereocenters. The van der Waals surface area contributed by atoms with Crippen molar-refractivity contribution in [2.24, 2.45) is 5.73 Å². The summed E-state index contributed by atoms with van der Waals surface area (Å²) in [6.07, 6.45) is 2.21. The average Bonchev–Trinajstić information content (AvgIpc) is 2.34. The fourth-order valence-electron chi connectivity index (χ4n) is 0.681. The van der Waals surface area contributed by atoms with Crippen molar-refractivity contribution in [1.82, 2.24) is 0 Å². The number of rotatable bonds is 3. The molecule has 1 rings (SSSR count). The van der Waals surface area contributed by atoms with E-state index in [1.54, 1.807) is 11.3 Å². The molecule has 0 aliphatic carbocycles. The first-order valence-electron chi connectivity index (χ1n) is 3.08. The molecule has 0 spiro atoms. The van der Waals surface area contributed by atoms with Crippen LogP contribution in [0, 0.1) is 5.38 Å². The van der Waals surface area contributed by atoms with Crippen LogP contribution in [0.25, 0.3) is 0 Å². The van der Waals surface area contributed by atoms with Crippen molar-refractivity contribution >= 4 is 11.3 Å². The van der Waals surface area contributed by atoms with E-state index in [-0.39, 0.29) is 0 Å². The molecular formula is C7H10NS. The zero-order valence-electron chi connectivity index (χ0n) is 5.26. The van der Waals surface area contributed by atoms with Gasteiger partial charge < -0.3 is 5.73 Å². The Labute approximate surface area is 59.5 Å². The van der Waals surface area contributed by atoms with Crippen LogP contribution in [0.2, 0.25) is 0 Å². The molecule has 0 aliphatic rings. The lowest BCUT2D eigenvalue weighted by Crippen LogP contribution is -1.98.